The molecule has 0 saturated carbocycles. The van der Waals surface area contributed by atoms with Crippen LogP contribution in [-0.2, 0) is 6.61 Å². The lowest BCUT2D eigenvalue weighted by Crippen LogP contribution is -2.19. The maximum absolute atomic E-state index is 12.6. The number of halogens is 1. The number of benzene rings is 3. The highest BCUT2D eigenvalue weighted by Gasteiger charge is 2.11. The van der Waals surface area contributed by atoms with Gasteiger partial charge in [0.25, 0.3) is 5.91 Å². The maximum Gasteiger partial charge on any atom is 0.273 e. The average Bonchev–Trinajstić information content (AvgIpc) is 3.34. The number of amides is 1. The number of ether oxygens (including phenoxy) is 1. The quantitative estimate of drug-likeness (QED) is 0.312. The number of para-hydroxylation sites is 1. The van der Waals surface area contributed by atoms with Gasteiger partial charge in [0, 0.05) is 23.0 Å². The summed E-state index contributed by atoms with van der Waals surface area (Å²) in [5.74, 6) is 0.403. The maximum atomic E-state index is 12.6. The van der Waals surface area contributed by atoms with Crippen molar-refractivity contribution in [2.45, 2.75) is 6.61 Å². The smallest absolute Gasteiger partial charge is 0.273 e. The molecule has 1 amide bonds. The number of nitrogens with one attached hydrogen (secondary N) is 1. The Morgan fingerprint density at radius 2 is 1.74 bits per heavy atom. The Bertz CT molecular complexity index is 1200. The second-order valence-electron chi connectivity index (χ2n) is 6.76. The Kier molecular flexibility index (Phi) is 6.45. The van der Waals surface area contributed by atoms with E-state index in [1.807, 2.05) is 95.8 Å². The lowest BCUT2D eigenvalue weighted by Gasteiger charge is -2.09. The average molecular weight is 430 g/mol. The van der Waals surface area contributed by atoms with Crippen LogP contribution >= 0.6 is 11.6 Å². The summed E-state index contributed by atoms with van der Waals surface area (Å²) in [6.45, 7) is 0.368. The molecule has 0 aliphatic heterocycles. The van der Waals surface area contributed by atoms with Crippen molar-refractivity contribution >= 4 is 23.7 Å². The second-order valence-corrected chi connectivity index (χ2v) is 7.17. The first-order valence-corrected chi connectivity index (χ1v) is 10.1. The summed E-state index contributed by atoms with van der Waals surface area (Å²) in [4.78, 5) is 12.6. The van der Waals surface area contributed by atoms with Crippen LogP contribution in [0, 0.1) is 0 Å². The van der Waals surface area contributed by atoms with E-state index in [0.717, 1.165) is 16.8 Å². The fourth-order valence-electron chi connectivity index (χ4n) is 3.07. The zero-order valence-corrected chi connectivity index (χ0v) is 17.4. The van der Waals surface area contributed by atoms with Crippen molar-refractivity contribution < 1.29 is 9.53 Å². The van der Waals surface area contributed by atoms with Crippen LogP contribution in [0.4, 0.5) is 0 Å². The Hall–Kier alpha value is -3.83. The summed E-state index contributed by atoms with van der Waals surface area (Å²) < 4.78 is 7.72. The van der Waals surface area contributed by atoms with Crippen molar-refractivity contribution in [1.29, 1.82) is 0 Å². The van der Waals surface area contributed by atoms with Crippen LogP contribution in [0.1, 0.15) is 21.5 Å². The third kappa shape index (κ3) is 5.21. The molecule has 0 spiro atoms. The van der Waals surface area contributed by atoms with Gasteiger partial charge in [0.15, 0.2) is 0 Å². The van der Waals surface area contributed by atoms with Gasteiger partial charge in [0.1, 0.15) is 12.4 Å². The Morgan fingerprint density at radius 1 is 0.968 bits per heavy atom. The van der Waals surface area contributed by atoms with Crippen molar-refractivity contribution in [2.24, 2.45) is 5.10 Å². The molecule has 1 aromatic heterocycles. The predicted octanol–water partition coefficient (Wildman–Crippen LogP) is 5.47. The summed E-state index contributed by atoms with van der Waals surface area (Å²) in [6, 6.07) is 26.2. The lowest BCUT2D eigenvalue weighted by molar-refractivity contribution is 0.0955. The summed E-state index contributed by atoms with van der Waals surface area (Å²) in [7, 11) is 0. The van der Waals surface area contributed by atoms with Crippen LogP contribution in [0.25, 0.3) is 5.69 Å². The molecule has 0 atom stereocenters. The molecule has 0 aliphatic carbocycles. The van der Waals surface area contributed by atoms with Gasteiger partial charge in [0.05, 0.1) is 17.5 Å². The SMILES string of the molecule is O=C(N/N=C/c1cccc(OCc2ccccc2Cl)c1)c1ccccc1-n1cccc1. The number of carbonyl (C=O) groups is 1. The normalized spacial score (nSPS) is 10.9. The van der Waals surface area contributed by atoms with E-state index in [9.17, 15) is 4.79 Å². The minimum Gasteiger partial charge on any atom is -0.489 e. The molecule has 0 aliphatic rings. The van der Waals surface area contributed by atoms with Crippen LogP contribution in [0.15, 0.2) is 102 Å². The van der Waals surface area contributed by atoms with Gasteiger partial charge in [-0.05, 0) is 48.0 Å². The highest BCUT2D eigenvalue weighted by molar-refractivity contribution is 6.31. The van der Waals surface area contributed by atoms with E-state index in [-0.39, 0.29) is 5.91 Å². The van der Waals surface area contributed by atoms with Crippen molar-refractivity contribution in [3.05, 3.63) is 119 Å². The van der Waals surface area contributed by atoms with Crippen LogP contribution in [0.2, 0.25) is 5.02 Å². The van der Waals surface area contributed by atoms with Gasteiger partial charge >= 0.3 is 0 Å². The number of hydrogen-bond acceptors (Lipinski definition) is 3. The molecule has 0 saturated heterocycles. The first-order chi connectivity index (χ1) is 15.2. The summed E-state index contributed by atoms with van der Waals surface area (Å²) in [5, 5.41) is 4.77. The molecule has 3 aromatic carbocycles. The Morgan fingerprint density at radius 3 is 2.58 bits per heavy atom. The topological polar surface area (TPSA) is 55.6 Å². The van der Waals surface area contributed by atoms with Crippen molar-refractivity contribution in [2.75, 3.05) is 0 Å². The van der Waals surface area contributed by atoms with E-state index in [4.69, 9.17) is 16.3 Å². The van der Waals surface area contributed by atoms with Crippen molar-refractivity contribution in [3.63, 3.8) is 0 Å². The first kappa shape index (κ1) is 20.4. The molecule has 4 aromatic rings. The standard InChI is InChI=1S/C25H20ClN3O2/c26-23-12-3-1-9-20(23)18-31-21-10-7-8-19(16-21)17-27-28-25(30)22-11-2-4-13-24(22)29-14-5-6-15-29/h1-17H,18H2,(H,28,30)/b27-17+. The number of nitrogens with zero attached hydrogens (tertiary/aromatic N) is 2. The fraction of sp³-hybridized carbons (Fsp3) is 0.0400. The number of rotatable bonds is 7. The Balaban J connectivity index is 1.40. The zero-order chi connectivity index (χ0) is 21.5. The van der Waals surface area contributed by atoms with Crippen LogP contribution in [-0.4, -0.2) is 16.7 Å². The number of carbonyl (C=O) groups excluding carboxylic acids is 1. The molecule has 6 heteroatoms. The van der Waals surface area contributed by atoms with Gasteiger partial charge in [-0.25, -0.2) is 5.43 Å². The van der Waals surface area contributed by atoms with E-state index < -0.39 is 0 Å². The molecule has 5 nitrogen and oxygen atoms in total. The molecule has 1 N–H and O–H groups in total. The summed E-state index contributed by atoms with van der Waals surface area (Å²) in [5.41, 5.74) is 5.63. The largest absolute Gasteiger partial charge is 0.489 e. The second kappa shape index (κ2) is 9.78. The monoisotopic (exact) mass is 429 g/mol. The van der Waals surface area contributed by atoms with Gasteiger partial charge < -0.3 is 9.30 Å². The lowest BCUT2D eigenvalue weighted by atomic mass is 10.1. The molecule has 1 heterocycles. The molecule has 4 rings (SSSR count). The van der Waals surface area contributed by atoms with E-state index in [2.05, 4.69) is 10.5 Å². The van der Waals surface area contributed by atoms with Gasteiger partial charge in [-0.15, -0.1) is 0 Å². The fourth-order valence-corrected chi connectivity index (χ4v) is 3.26. The first-order valence-electron chi connectivity index (χ1n) is 9.73. The van der Waals surface area contributed by atoms with E-state index in [1.54, 1.807) is 12.3 Å². The Labute approximate surface area is 185 Å². The summed E-state index contributed by atoms with van der Waals surface area (Å²) >= 11 is 6.17. The third-order valence-electron chi connectivity index (χ3n) is 4.62. The predicted molar refractivity (Wildman–Crippen MR) is 123 cm³/mol. The zero-order valence-electron chi connectivity index (χ0n) is 16.6. The highest BCUT2D eigenvalue weighted by atomic mass is 35.5. The van der Waals surface area contributed by atoms with E-state index in [0.29, 0.717) is 22.9 Å². The van der Waals surface area contributed by atoms with Gasteiger partial charge in [0.2, 0.25) is 0 Å². The van der Waals surface area contributed by atoms with E-state index in [1.165, 1.54) is 0 Å². The van der Waals surface area contributed by atoms with Crippen LogP contribution in [0.3, 0.4) is 0 Å². The van der Waals surface area contributed by atoms with Crippen molar-refractivity contribution in [3.8, 4) is 11.4 Å². The van der Waals surface area contributed by atoms with Crippen LogP contribution < -0.4 is 10.2 Å². The highest BCUT2D eigenvalue weighted by Crippen LogP contribution is 2.19. The molecule has 154 valence electrons. The summed E-state index contributed by atoms with van der Waals surface area (Å²) in [6.07, 6.45) is 5.37. The van der Waals surface area contributed by atoms with Crippen LogP contribution in [0.5, 0.6) is 5.75 Å². The molecular formula is C25H20ClN3O2. The molecule has 0 bridgehead atoms. The number of hydrazone groups is 1. The molecule has 0 fully saturated rings. The minimum absolute atomic E-state index is 0.285. The van der Waals surface area contributed by atoms with Crippen molar-refractivity contribution in [1.82, 2.24) is 9.99 Å². The van der Waals surface area contributed by atoms with E-state index >= 15 is 0 Å². The van der Waals surface area contributed by atoms with Gasteiger partial charge in [-0.3, -0.25) is 4.79 Å². The molecule has 31 heavy (non-hydrogen) atoms. The number of aromatic nitrogens is 1. The minimum atomic E-state index is -0.285. The molecule has 0 radical (unpaired) electrons. The number of hydrogen-bond donors (Lipinski definition) is 1. The van der Waals surface area contributed by atoms with Gasteiger partial charge in [-0.2, -0.15) is 5.10 Å². The third-order valence-corrected chi connectivity index (χ3v) is 4.99. The molecular weight excluding hydrogens is 410 g/mol. The van der Waals surface area contributed by atoms with Gasteiger partial charge in [-0.1, -0.05) is 54.1 Å². The molecule has 0 unspecified atom stereocenters.